The van der Waals surface area contributed by atoms with Crippen LogP contribution in [0.3, 0.4) is 0 Å². The van der Waals surface area contributed by atoms with Crippen molar-refractivity contribution in [2.45, 2.75) is 26.2 Å². The third-order valence-corrected chi connectivity index (χ3v) is 2.33. The number of carbonyl (C=O) groups is 2. The summed E-state index contributed by atoms with van der Waals surface area (Å²) < 4.78 is 4.45. The lowest BCUT2D eigenvalue weighted by Gasteiger charge is -2.03. The maximum absolute atomic E-state index is 11.1. The largest absolute Gasteiger partial charge is 0.467 e. The highest BCUT2D eigenvalue weighted by Crippen LogP contribution is 2.01. The second kappa shape index (κ2) is 10.4. The molecule has 0 aliphatic rings. The SMILES string of the molecule is CCCCCNC(=O)SCCOC=O. The molecule has 1 N–H and O–H groups in total. The second-order valence-electron chi connectivity index (χ2n) is 2.74. The van der Waals surface area contributed by atoms with Gasteiger partial charge in [0, 0.05) is 12.3 Å². The molecule has 0 heterocycles. The summed E-state index contributed by atoms with van der Waals surface area (Å²) in [5.41, 5.74) is 0. The molecule has 5 heteroatoms. The molecular weight excluding hydrogens is 202 g/mol. The van der Waals surface area contributed by atoms with Crippen molar-refractivity contribution in [2.75, 3.05) is 18.9 Å². The third kappa shape index (κ3) is 9.38. The van der Waals surface area contributed by atoms with Crippen LogP contribution in [-0.4, -0.2) is 30.6 Å². The van der Waals surface area contributed by atoms with Crippen LogP contribution in [0, 0.1) is 0 Å². The van der Waals surface area contributed by atoms with Gasteiger partial charge in [0.25, 0.3) is 11.7 Å². The third-order valence-electron chi connectivity index (χ3n) is 1.55. The highest BCUT2D eigenvalue weighted by atomic mass is 32.2. The molecule has 1 amide bonds. The lowest BCUT2D eigenvalue weighted by Crippen LogP contribution is -2.20. The van der Waals surface area contributed by atoms with E-state index in [-0.39, 0.29) is 11.8 Å². The molecule has 0 aromatic rings. The minimum absolute atomic E-state index is 0.0457. The van der Waals surface area contributed by atoms with Gasteiger partial charge in [0.05, 0.1) is 0 Å². The van der Waals surface area contributed by atoms with E-state index in [9.17, 15) is 9.59 Å². The van der Waals surface area contributed by atoms with Gasteiger partial charge in [-0.05, 0) is 6.42 Å². The lowest BCUT2D eigenvalue weighted by molar-refractivity contribution is -0.128. The first-order chi connectivity index (χ1) is 6.81. The van der Waals surface area contributed by atoms with Crippen molar-refractivity contribution < 1.29 is 14.3 Å². The van der Waals surface area contributed by atoms with E-state index in [1.165, 1.54) is 0 Å². The number of thioether (sulfide) groups is 1. The topological polar surface area (TPSA) is 55.4 Å². The Morgan fingerprint density at radius 1 is 1.50 bits per heavy atom. The van der Waals surface area contributed by atoms with Crippen molar-refractivity contribution in [1.29, 1.82) is 0 Å². The Balaban J connectivity index is 3.15. The van der Waals surface area contributed by atoms with E-state index in [1.807, 2.05) is 0 Å². The van der Waals surface area contributed by atoms with Crippen molar-refractivity contribution in [1.82, 2.24) is 5.32 Å². The maximum Gasteiger partial charge on any atom is 0.293 e. The number of hydrogen-bond acceptors (Lipinski definition) is 4. The van der Waals surface area contributed by atoms with Gasteiger partial charge >= 0.3 is 0 Å². The van der Waals surface area contributed by atoms with Crippen LogP contribution >= 0.6 is 11.8 Å². The molecule has 0 unspecified atom stereocenters. The zero-order valence-electron chi connectivity index (χ0n) is 8.45. The van der Waals surface area contributed by atoms with Crippen LogP contribution < -0.4 is 5.32 Å². The molecule has 4 nitrogen and oxygen atoms in total. The predicted octanol–water partition coefficient (Wildman–Crippen LogP) is 1.79. The van der Waals surface area contributed by atoms with Gasteiger partial charge in [0.1, 0.15) is 6.61 Å². The van der Waals surface area contributed by atoms with Crippen LogP contribution in [0.25, 0.3) is 0 Å². The molecule has 14 heavy (non-hydrogen) atoms. The lowest BCUT2D eigenvalue weighted by atomic mass is 10.2. The minimum atomic E-state index is -0.0457. The normalized spacial score (nSPS) is 9.50. The van der Waals surface area contributed by atoms with Gasteiger partial charge < -0.3 is 10.1 Å². The average Bonchev–Trinajstić information content (AvgIpc) is 2.19. The molecule has 82 valence electrons. The summed E-state index contributed by atoms with van der Waals surface area (Å²) in [7, 11) is 0. The van der Waals surface area contributed by atoms with Crippen LogP contribution in [-0.2, 0) is 9.53 Å². The van der Waals surface area contributed by atoms with E-state index in [2.05, 4.69) is 17.0 Å². The molecule has 0 bridgehead atoms. The summed E-state index contributed by atoms with van der Waals surface area (Å²) >= 11 is 1.14. The maximum atomic E-state index is 11.1. The second-order valence-corrected chi connectivity index (χ2v) is 3.80. The summed E-state index contributed by atoms with van der Waals surface area (Å²) in [5.74, 6) is 0.512. The first-order valence-electron chi connectivity index (χ1n) is 4.77. The zero-order valence-corrected chi connectivity index (χ0v) is 9.27. The fourth-order valence-corrected chi connectivity index (χ4v) is 1.42. The van der Waals surface area contributed by atoms with Crippen molar-refractivity contribution >= 4 is 23.5 Å². The van der Waals surface area contributed by atoms with Crippen LogP contribution in [0.2, 0.25) is 0 Å². The molecule has 0 aromatic carbocycles. The van der Waals surface area contributed by atoms with Gasteiger partial charge in [-0.2, -0.15) is 0 Å². The predicted molar refractivity (Wildman–Crippen MR) is 57.4 cm³/mol. The summed E-state index contributed by atoms with van der Waals surface area (Å²) in [6, 6.07) is 0. The Kier molecular flexibility index (Phi) is 9.85. The number of carbonyl (C=O) groups excluding carboxylic acids is 2. The zero-order chi connectivity index (χ0) is 10.6. The van der Waals surface area contributed by atoms with E-state index in [0.717, 1.165) is 37.6 Å². The van der Waals surface area contributed by atoms with E-state index in [0.29, 0.717) is 12.2 Å². The quantitative estimate of drug-likeness (QED) is 0.499. The molecule has 0 spiro atoms. The van der Waals surface area contributed by atoms with Crippen molar-refractivity contribution in [2.24, 2.45) is 0 Å². The molecule has 0 saturated heterocycles. The molecule has 0 radical (unpaired) electrons. The standard InChI is InChI=1S/C9H17NO3S/c1-2-3-4-5-10-9(12)14-7-6-13-8-11/h8H,2-7H2,1H3,(H,10,12). The molecule has 0 aliphatic carbocycles. The fourth-order valence-electron chi connectivity index (χ4n) is 0.847. The van der Waals surface area contributed by atoms with Gasteiger partial charge in [-0.3, -0.25) is 9.59 Å². The Bertz CT molecular complexity index is 164. The monoisotopic (exact) mass is 219 g/mol. The Morgan fingerprint density at radius 2 is 2.29 bits per heavy atom. The van der Waals surface area contributed by atoms with Crippen LogP contribution in [0.1, 0.15) is 26.2 Å². The minimum Gasteiger partial charge on any atom is -0.467 e. The Hall–Kier alpha value is -0.710. The van der Waals surface area contributed by atoms with Gasteiger partial charge in [-0.1, -0.05) is 31.5 Å². The highest BCUT2D eigenvalue weighted by Gasteiger charge is 2.00. The molecule has 0 saturated carbocycles. The van der Waals surface area contributed by atoms with Crippen molar-refractivity contribution in [3.8, 4) is 0 Å². The van der Waals surface area contributed by atoms with E-state index in [1.54, 1.807) is 0 Å². The van der Waals surface area contributed by atoms with Crippen molar-refractivity contribution in [3.63, 3.8) is 0 Å². The van der Waals surface area contributed by atoms with Crippen LogP contribution in [0.15, 0.2) is 0 Å². The summed E-state index contributed by atoms with van der Waals surface area (Å²) in [6.45, 7) is 3.53. The number of unbranched alkanes of at least 4 members (excludes halogenated alkanes) is 2. The Morgan fingerprint density at radius 3 is 2.93 bits per heavy atom. The van der Waals surface area contributed by atoms with Gasteiger partial charge in [0.2, 0.25) is 0 Å². The van der Waals surface area contributed by atoms with E-state index >= 15 is 0 Å². The molecule has 0 rings (SSSR count). The van der Waals surface area contributed by atoms with Gasteiger partial charge in [0.15, 0.2) is 0 Å². The van der Waals surface area contributed by atoms with Crippen LogP contribution in [0.5, 0.6) is 0 Å². The van der Waals surface area contributed by atoms with E-state index < -0.39 is 0 Å². The molecular formula is C9H17NO3S. The number of ether oxygens (including phenoxy) is 1. The fraction of sp³-hybridized carbons (Fsp3) is 0.778. The first-order valence-corrected chi connectivity index (χ1v) is 5.75. The molecule has 0 aromatic heterocycles. The first kappa shape index (κ1) is 13.3. The molecule has 0 aliphatic heterocycles. The Labute approximate surface area is 88.8 Å². The van der Waals surface area contributed by atoms with Gasteiger partial charge in [-0.25, -0.2) is 0 Å². The van der Waals surface area contributed by atoms with Gasteiger partial charge in [-0.15, -0.1) is 0 Å². The highest BCUT2D eigenvalue weighted by molar-refractivity contribution is 8.13. The van der Waals surface area contributed by atoms with Crippen molar-refractivity contribution in [3.05, 3.63) is 0 Å². The molecule has 0 atom stereocenters. The summed E-state index contributed by atoms with van der Waals surface area (Å²) in [5, 5.41) is 2.73. The number of rotatable bonds is 8. The number of nitrogens with one attached hydrogen (secondary N) is 1. The smallest absolute Gasteiger partial charge is 0.293 e. The number of amides is 1. The van der Waals surface area contributed by atoms with Crippen LogP contribution in [0.4, 0.5) is 4.79 Å². The summed E-state index contributed by atoms with van der Waals surface area (Å²) in [6.07, 6.45) is 3.31. The molecule has 0 fully saturated rings. The van der Waals surface area contributed by atoms with E-state index in [4.69, 9.17) is 0 Å². The average molecular weight is 219 g/mol. The summed E-state index contributed by atoms with van der Waals surface area (Å²) in [4.78, 5) is 20.8. The number of hydrogen-bond donors (Lipinski definition) is 1.